The topological polar surface area (TPSA) is 88.2 Å². The van der Waals surface area contributed by atoms with Gasteiger partial charge in [0.15, 0.2) is 0 Å². The number of benzene rings is 1. The fourth-order valence-corrected chi connectivity index (χ4v) is 2.37. The lowest BCUT2D eigenvalue weighted by atomic mass is 10.1. The van der Waals surface area contributed by atoms with Gasteiger partial charge in [-0.25, -0.2) is 4.98 Å². The second-order valence-corrected chi connectivity index (χ2v) is 5.02. The van der Waals surface area contributed by atoms with E-state index in [-0.39, 0.29) is 5.56 Å². The van der Waals surface area contributed by atoms with Gasteiger partial charge in [-0.1, -0.05) is 0 Å². The molecule has 0 saturated carbocycles. The molecule has 0 amide bonds. The summed E-state index contributed by atoms with van der Waals surface area (Å²) < 4.78 is 5.30. The summed E-state index contributed by atoms with van der Waals surface area (Å²) in [6.07, 6.45) is 3.06. The van der Waals surface area contributed by atoms with Crippen LogP contribution in [0.25, 0.3) is 10.9 Å². The van der Waals surface area contributed by atoms with Gasteiger partial charge in [-0.2, -0.15) is 0 Å². The maximum absolute atomic E-state index is 11.7. The third kappa shape index (κ3) is 2.35. The number of fused-ring (bicyclic) bond motifs is 1. The van der Waals surface area contributed by atoms with Gasteiger partial charge in [-0.3, -0.25) is 4.79 Å². The van der Waals surface area contributed by atoms with E-state index in [2.05, 4.69) is 9.97 Å². The maximum atomic E-state index is 11.7. The van der Waals surface area contributed by atoms with Gasteiger partial charge in [0, 0.05) is 19.2 Å². The average Bonchev–Trinajstić information content (AvgIpc) is 2.85. The first kappa shape index (κ1) is 13.2. The quantitative estimate of drug-likeness (QED) is 0.719. The maximum Gasteiger partial charge on any atom is 0.258 e. The van der Waals surface area contributed by atoms with Gasteiger partial charge in [0.1, 0.15) is 5.76 Å². The van der Waals surface area contributed by atoms with Crippen molar-refractivity contribution in [2.45, 2.75) is 13.5 Å². The van der Waals surface area contributed by atoms with Crippen LogP contribution in [0.4, 0.5) is 11.4 Å². The van der Waals surface area contributed by atoms with Crippen LogP contribution in [0.15, 0.2) is 40.0 Å². The lowest BCUT2D eigenvalue weighted by Gasteiger charge is -2.21. The summed E-state index contributed by atoms with van der Waals surface area (Å²) in [5.41, 5.74) is 8.99. The fourth-order valence-electron chi connectivity index (χ4n) is 2.37. The van der Waals surface area contributed by atoms with Gasteiger partial charge in [-0.15, -0.1) is 0 Å². The first-order chi connectivity index (χ1) is 10.1. The van der Waals surface area contributed by atoms with Crippen molar-refractivity contribution in [2.24, 2.45) is 0 Å². The van der Waals surface area contributed by atoms with Gasteiger partial charge in [0.05, 0.1) is 34.9 Å². The number of H-pyrrole nitrogens is 1. The normalized spacial score (nSPS) is 11.0. The van der Waals surface area contributed by atoms with E-state index in [4.69, 9.17) is 10.2 Å². The summed E-state index contributed by atoms with van der Waals surface area (Å²) in [5, 5.41) is 0.492. The van der Waals surface area contributed by atoms with Gasteiger partial charge >= 0.3 is 0 Å². The van der Waals surface area contributed by atoms with E-state index >= 15 is 0 Å². The molecular formula is C15H16N4O2. The molecule has 0 radical (unpaired) electrons. The first-order valence-corrected chi connectivity index (χ1v) is 6.57. The molecular weight excluding hydrogens is 268 g/mol. The predicted molar refractivity (Wildman–Crippen MR) is 82.3 cm³/mol. The Kier molecular flexibility index (Phi) is 3.13. The molecule has 3 rings (SSSR count). The van der Waals surface area contributed by atoms with Crippen molar-refractivity contribution in [3.05, 3.63) is 52.5 Å². The first-order valence-electron chi connectivity index (χ1n) is 6.57. The highest BCUT2D eigenvalue weighted by Crippen LogP contribution is 2.27. The molecule has 0 bridgehead atoms. The third-order valence-corrected chi connectivity index (χ3v) is 3.57. The summed E-state index contributed by atoms with van der Waals surface area (Å²) in [4.78, 5) is 20.5. The van der Waals surface area contributed by atoms with Crippen molar-refractivity contribution in [1.82, 2.24) is 9.97 Å². The number of aromatic nitrogens is 2. The Morgan fingerprint density at radius 1 is 1.43 bits per heavy atom. The Balaban J connectivity index is 2.02. The van der Waals surface area contributed by atoms with Crippen LogP contribution in [0, 0.1) is 6.92 Å². The monoisotopic (exact) mass is 284 g/mol. The number of nitrogens with zero attached hydrogens (tertiary/aromatic N) is 2. The molecule has 0 atom stereocenters. The number of nitrogens with two attached hydrogens (primary N) is 1. The molecule has 6 nitrogen and oxygen atoms in total. The lowest BCUT2D eigenvalue weighted by molar-refractivity contribution is 0.529. The number of anilines is 2. The Hall–Kier alpha value is -2.76. The van der Waals surface area contributed by atoms with Crippen molar-refractivity contribution in [1.29, 1.82) is 0 Å². The standard InChI is InChI=1S/C15H16N4O2/c1-9-10(3-4-21-9)7-19(2)14-6-13-11(5-12(14)16)15(20)18-8-17-13/h3-6,8H,7,16H2,1-2H3,(H,17,18,20). The van der Waals surface area contributed by atoms with Crippen molar-refractivity contribution >= 4 is 22.3 Å². The molecule has 6 heteroatoms. The molecule has 2 heterocycles. The Morgan fingerprint density at radius 2 is 2.24 bits per heavy atom. The number of rotatable bonds is 3. The molecule has 108 valence electrons. The van der Waals surface area contributed by atoms with Crippen LogP contribution in [0.2, 0.25) is 0 Å². The smallest absolute Gasteiger partial charge is 0.258 e. The van der Waals surface area contributed by atoms with Gasteiger partial charge in [-0.05, 0) is 25.1 Å². The summed E-state index contributed by atoms with van der Waals surface area (Å²) in [6, 6.07) is 5.43. The zero-order valence-corrected chi connectivity index (χ0v) is 11.9. The molecule has 0 aliphatic carbocycles. The highest BCUT2D eigenvalue weighted by Gasteiger charge is 2.12. The number of furan rings is 1. The predicted octanol–water partition coefficient (Wildman–Crippen LogP) is 2.04. The van der Waals surface area contributed by atoms with Crippen LogP contribution < -0.4 is 16.2 Å². The number of aromatic amines is 1. The molecule has 21 heavy (non-hydrogen) atoms. The van der Waals surface area contributed by atoms with E-state index in [1.165, 1.54) is 6.33 Å². The van der Waals surface area contributed by atoms with Crippen molar-refractivity contribution in [2.75, 3.05) is 17.7 Å². The zero-order chi connectivity index (χ0) is 15.0. The van der Waals surface area contributed by atoms with E-state index in [9.17, 15) is 4.79 Å². The minimum Gasteiger partial charge on any atom is -0.469 e. The van der Waals surface area contributed by atoms with Crippen LogP contribution in [0.1, 0.15) is 11.3 Å². The molecule has 0 spiro atoms. The van der Waals surface area contributed by atoms with E-state index in [0.717, 1.165) is 17.0 Å². The summed E-state index contributed by atoms with van der Waals surface area (Å²) >= 11 is 0. The molecule has 3 aromatic rings. The Bertz CT molecular complexity index is 850. The highest BCUT2D eigenvalue weighted by atomic mass is 16.3. The lowest BCUT2D eigenvalue weighted by Crippen LogP contribution is -2.18. The van der Waals surface area contributed by atoms with Crippen molar-refractivity contribution < 1.29 is 4.42 Å². The summed E-state index contributed by atoms with van der Waals surface area (Å²) in [7, 11) is 1.94. The molecule has 0 unspecified atom stereocenters. The van der Waals surface area contributed by atoms with Gasteiger partial charge < -0.3 is 20.0 Å². The van der Waals surface area contributed by atoms with Crippen LogP contribution >= 0.6 is 0 Å². The molecule has 3 N–H and O–H groups in total. The van der Waals surface area contributed by atoms with E-state index in [1.807, 2.05) is 31.0 Å². The minimum absolute atomic E-state index is 0.188. The van der Waals surface area contributed by atoms with E-state index in [1.54, 1.807) is 12.3 Å². The third-order valence-electron chi connectivity index (χ3n) is 3.57. The molecule has 0 aliphatic heterocycles. The highest BCUT2D eigenvalue weighted by molar-refractivity contribution is 5.88. The second kappa shape index (κ2) is 4.97. The summed E-state index contributed by atoms with van der Waals surface area (Å²) in [6.45, 7) is 2.59. The van der Waals surface area contributed by atoms with Crippen LogP contribution in [0.5, 0.6) is 0 Å². The summed E-state index contributed by atoms with van der Waals surface area (Å²) in [5.74, 6) is 0.885. The number of hydrogen-bond donors (Lipinski definition) is 2. The number of hydrogen-bond acceptors (Lipinski definition) is 5. The molecule has 0 saturated heterocycles. The largest absolute Gasteiger partial charge is 0.469 e. The Labute approximate surface area is 121 Å². The Morgan fingerprint density at radius 3 is 2.95 bits per heavy atom. The minimum atomic E-state index is -0.188. The molecule has 1 aromatic carbocycles. The van der Waals surface area contributed by atoms with Crippen LogP contribution in [-0.4, -0.2) is 17.0 Å². The zero-order valence-electron chi connectivity index (χ0n) is 11.9. The molecule has 0 aliphatic rings. The number of aryl methyl sites for hydroxylation is 1. The van der Waals surface area contributed by atoms with E-state index in [0.29, 0.717) is 23.1 Å². The second-order valence-electron chi connectivity index (χ2n) is 5.02. The fraction of sp³-hybridized carbons (Fsp3) is 0.200. The van der Waals surface area contributed by atoms with Crippen LogP contribution in [-0.2, 0) is 6.54 Å². The number of nitrogens with one attached hydrogen (secondary N) is 1. The number of nitrogen functional groups attached to an aromatic ring is 1. The molecule has 0 fully saturated rings. The molecule has 2 aromatic heterocycles. The van der Waals surface area contributed by atoms with E-state index < -0.39 is 0 Å². The SMILES string of the molecule is Cc1occc1CN(C)c1cc2nc[nH]c(=O)c2cc1N. The van der Waals surface area contributed by atoms with Gasteiger partial charge in [0.25, 0.3) is 5.56 Å². The van der Waals surface area contributed by atoms with Crippen molar-refractivity contribution in [3.8, 4) is 0 Å². The van der Waals surface area contributed by atoms with Crippen LogP contribution in [0.3, 0.4) is 0 Å². The van der Waals surface area contributed by atoms with Crippen molar-refractivity contribution in [3.63, 3.8) is 0 Å². The van der Waals surface area contributed by atoms with Gasteiger partial charge in [0.2, 0.25) is 0 Å². The average molecular weight is 284 g/mol.